The first-order valence-corrected chi connectivity index (χ1v) is 5.93. The van der Waals surface area contributed by atoms with Gasteiger partial charge in [0.25, 0.3) is 0 Å². The fourth-order valence-corrected chi connectivity index (χ4v) is 2.10. The summed E-state index contributed by atoms with van der Waals surface area (Å²) in [6, 6.07) is 4.45. The number of pyridine rings is 1. The predicted octanol–water partition coefficient (Wildman–Crippen LogP) is 2.12. The predicted molar refractivity (Wildman–Crippen MR) is 65.5 cm³/mol. The molecule has 0 bridgehead atoms. The molecule has 0 aromatic carbocycles. The number of aliphatic hydroxyl groups is 1. The zero-order valence-corrected chi connectivity index (χ0v) is 10.3. The average Bonchev–Trinajstić information content (AvgIpc) is 3.10. The van der Waals surface area contributed by atoms with Gasteiger partial charge in [-0.25, -0.2) is 4.98 Å². The van der Waals surface area contributed by atoms with Crippen molar-refractivity contribution in [3.63, 3.8) is 0 Å². The maximum atomic E-state index is 9.18. The average molecular weight is 220 g/mol. The fourth-order valence-electron chi connectivity index (χ4n) is 2.10. The molecule has 0 amide bonds. The molecule has 1 fully saturated rings. The Labute approximate surface area is 97.1 Å². The molecule has 3 nitrogen and oxygen atoms in total. The Morgan fingerprint density at radius 3 is 2.75 bits per heavy atom. The minimum atomic E-state index is 0.0853. The zero-order valence-electron chi connectivity index (χ0n) is 10.3. The van der Waals surface area contributed by atoms with E-state index in [-0.39, 0.29) is 6.61 Å². The number of rotatable bonds is 4. The number of nitrogens with zero attached hydrogens (tertiary/aromatic N) is 2. The Balaban J connectivity index is 2.20. The summed E-state index contributed by atoms with van der Waals surface area (Å²) in [5.74, 6) is 1.80. The summed E-state index contributed by atoms with van der Waals surface area (Å²) in [5, 5.41) is 9.18. The summed E-state index contributed by atoms with van der Waals surface area (Å²) in [7, 11) is 2.09. The zero-order chi connectivity index (χ0) is 11.7. The van der Waals surface area contributed by atoms with Gasteiger partial charge in [-0.1, -0.05) is 0 Å². The quantitative estimate of drug-likeness (QED) is 0.844. The van der Waals surface area contributed by atoms with E-state index in [2.05, 4.69) is 23.9 Å². The monoisotopic (exact) mass is 220 g/mol. The lowest BCUT2D eigenvalue weighted by molar-refractivity contribution is 0.281. The highest BCUT2D eigenvalue weighted by Gasteiger charge is 2.31. The van der Waals surface area contributed by atoms with Crippen molar-refractivity contribution in [3.05, 3.63) is 23.4 Å². The van der Waals surface area contributed by atoms with Gasteiger partial charge >= 0.3 is 0 Å². The molecule has 0 spiro atoms. The first-order valence-electron chi connectivity index (χ1n) is 5.93. The van der Waals surface area contributed by atoms with Crippen molar-refractivity contribution in [2.24, 2.45) is 5.92 Å². The summed E-state index contributed by atoms with van der Waals surface area (Å²) < 4.78 is 0. The minimum Gasteiger partial charge on any atom is -0.392 e. The third-order valence-corrected chi connectivity index (χ3v) is 3.46. The molecule has 1 aliphatic carbocycles. The van der Waals surface area contributed by atoms with Crippen LogP contribution in [0.3, 0.4) is 0 Å². The smallest absolute Gasteiger partial charge is 0.129 e. The second-order valence-electron chi connectivity index (χ2n) is 4.82. The Bertz CT molecular complexity index is 374. The number of hydrogen-bond acceptors (Lipinski definition) is 3. The third-order valence-electron chi connectivity index (χ3n) is 3.46. The summed E-state index contributed by atoms with van der Waals surface area (Å²) in [6.45, 7) is 4.31. The number of aromatic nitrogens is 1. The van der Waals surface area contributed by atoms with Crippen LogP contribution < -0.4 is 4.90 Å². The van der Waals surface area contributed by atoms with E-state index in [0.29, 0.717) is 6.04 Å². The molecule has 1 N–H and O–H groups in total. The molecule has 88 valence electrons. The molecule has 1 atom stereocenters. The highest BCUT2D eigenvalue weighted by Crippen LogP contribution is 2.35. The van der Waals surface area contributed by atoms with Gasteiger partial charge in [0.1, 0.15) is 5.82 Å². The van der Waals surface area contributed by atoms with Gasteiger partial charge in [-0.3, -0.25) is 0 Å². The minimum absolute atomic E-state index is 0.0853. The van der Waals surface area contributed by atoms with E-state index in [1.807, 2.05) is 19.1 Å². The van der Waals surface area contributed by atoms with Gasteiger partial charge in [0, 0.05) is 18.8 Å². The molecule has 16 heavy (non-hydrogen) atoms. The van der Waals surface area contributed by atoms with Crippen LogP contribution in [0, 0.1) is 12.8 Å². The van der Waals surface area contributed by atoms with Crippen LogP contribution in [0.4, 0.5) is 5.82 Å². The number of anilines is 1. The standard InChI is InChI=1S/C13H20N2O/c1-9-6-11(8-16)7-13(14-9)15(3)10(2)12-4-5-12/h6-7,10,12,16H,4-5,8H2,1-3H3. The summed E-state index contributed by atoms with van der Waals surface area (Å²) in [6.07, 6.45) is 2.67. The lowest BCUT2D eigenvalue weighted by Crippen LogP contribution is -2.31. The lowest BCUT2D eigenvalue weighted by atomic mass is 10.1. The number of aryl methyl sites for hydroxylation is 1. The molecule has 1 heterocycles. The summed E-state index contributed by atoms with van der Waals surface area (Å²) in [5.41, 5.74) is 1.91. The van der Waals surface area contributed by atoms with Crippen molar-refractivity contribution in [2.75, 3.05) is 11.9 Å². The van der Waals surface area contributed by atoms with Crippen LogP contribution >= 0.6 is 0 Å². The van der Waals surface area contributed by atoms with Crippen LogP contribution in [0.5, 0.6) is 0 Å². The Hall–Kier alpha value is -1.09. The molecule has 0 saturated heterocycles. The number of aliphatic hydroxyl groups excluding tert-OH is 1. The maximum Gasteiger partial charge on any atom is 0.129 e. The van der Waals surface area contributed by atoms with Gasteiger partial charge in [0.2, 0.25) is 0 Å². The number of hydrogen-bond donors (Lipinski definition) is 1. The van der Waals surface area contributed by atoms with Crippen LogP contribution in [0.2, 0.25) is 0 Å². The second kappa shape index (κ2) is 4.42. The Morgan fingerprint density at radius 1 is 1.50 bits per heavy atom. The van der Waals surface area contributed by atoms with Crippen molar-refractivity contribution in [3.8, 4) is 0 Å². The van der Waals surface area contributed by atoms with E-state index in [1.54, 1.807) is 0 Å². The Kier molecular flexibility index (Phi) is 3.15. The van der Waals surface area contributed by atoms with Gasteiger partial charge in [0.05, 0.1) is 6.61 Å². The Morgan fingerprint density at radius 2 is 2.19 bits per heavy atom. The summed E-state index contributed by atoms with van der Waals surface area (Å²) in [4.78, 5) is 6.75. The molecule has 1 aliphatic rings. The first-order chi connectivity index (χ1) is 7.61. The van der Waals surface area contributed by atoms with E-state index in [9.17, 15) is 5.11 Å². The molecule has 0 aliphatic heterocycles. The normalized spacial score (nSPS) is 17.2. The molecule has 0 radical (unpaired) electrons. The maximum absolute atomic E-state index is 9.18. The lowest BCUT2D eigenvalue weighted by Gasteiger charge is -2.26. The molecule has 1 saturated carbocycles. The molecular weight excluding hydrogens is 200 g/mol. The topological polar surface area (TPSA) is 36.4 Å². The third kappa shape index (κ3) is 2.35. The van der Waals surface area contributed by atoms with E-state index in [0.717, 1.165) is 23.0 Å². The molecule has 1 aromatic heterocycles. The van der Waals surface area contributed by atoms with Crippen molar-refractivity contribution in [1.82, 2.24) is 4.98 Å². The van der Waals surface area contributed by atoms with Crippen LogP contribution in [-0.2, 0) is 6.61 Å². The molecule has 1 aromatic rings. The highest BCUT2D eigenvalue weighted by molar-refractivity contribution is 5.43. The van der Waals surface area contributed by atoms with Crippen molar-refractivity contribution < 1.29 is 5.11 Å². The molecule has 2 rings (SSSR count). The van der Waals surface area contributed by atoms with E-state index in [4.69, 9.17) is 0 Å². The second-order valence-corrected chi connectivity index (χ2v) is 4.82. The van der Waals surface area contributed by atoms with Crippen molar-refractivity contribution in [2.45, 2.75) is 39.3 Å². The molecular formula is C13H20N2O. The SMILES string of the molecule is Cc1cc(CO)cc(N(C)C(C)C2CC2)n1. The van der Waals surface area contributed by atoms with E-state index >= 15 is 0 Å². The first kappa shape index (κ1) is 11.4. The van der Waals surface area contributed by atoms with Crippen LogP contribution in [-0.4, -0.2) is 23.2 Å². The molecule has 1 unspecified atom stereocenters. The van der Waals surface area contributed by atoms with Crippen LogP contribution in [0.15, 0.2) is 12.1 Å². The van der Waals surface area contributed by atoms with Gasteiger partial charge in [-0.2, -0.15) is 0 Å². The van der Waals surface area contributed by atoms with Gasteiger partial charge < -0.3 is 10.0 Å². The van der Waals surface area contributed by atoms with Crippen molar-refractivity contribution in [1.29, 1.82) is 0 Å². The van der Waals surface area contributed by atoms with Crippen molar-refractivity contribution >= 4 is 5.82 Å². The van der Waals surface area contributed by atoms with Crippen LogP contribution in [0.1, 0.15) is 31.0 Å². The van der Waals surface area contributed by atoms with E-state index < -0.39 is 0 Å². The highest BCUT2D eigenvalue weighted by atomic mass is 16.3. The van der Waals surface area contributed by atoms with Gasteiger partial charge in [-0.15, -0.1) is 0 Å². The van der Waals surface area contributed by atoms with Gasteiger partial charge in [-0.05, 0) is 50.3 Å². The van der Waals surface area contributed by atoms with E-state index in [1.165, 1.54) is 12.8 Å². The van der Waals surface area contributed by atoms with Gasteiger partial charge in [0.15, 0.2) is 0 Å². The molecule has 3 heteroatoms. The summed E-state index contributed by atoms with van der Waals surface area (Å²) >= 11 is 0. The fraction of sp³-hybridized carbons (Fsp3) is 0.615. The van der Waals surface area contributed by atoms with Crippen LogP contribution in [0.25, 0.3) is 0 Å². The largest absolute Gasteiger partial charge is 0.392 e.